The fourth-order valence-corrected chi connectivity index (χ4v) is 6.00. The molecule has 0 saturated carbocycles. The Morgan fingerprint density at radius 1 is 1.00 bits per heavy atom. The van der Waals surface area contributed by atoms with Crippen LogP contribution in [-0.2, 0) is 0 Å². The summed E-state index contributed by atoms with van der Waals surface area (Å²) in [6, 6.07) is 11.2. The average Bonchev–Trinajstić information content (AvgIpc) is 3.45. The third-order valence-corrected chi connectivity index (χ3v) is 8.21. The van der Waals surface area contributed by atoms with E-state index in [4.69, 9.17) is 5.10 Å². The molecule has 1 aliphatic rings. The summed E-state index contributed by atoms with van der Waals surface area (Å²) in [5, 5.41) is 28.8. The maximum atomic E-state index is 9.84. The van der Waals surface area contributed by atoms with Crippen molar-refractivity contribution in [2.24, 2.45) is 0 Å². The first-order chi connectivity index (χ1) is 16.9. The molecule has 1 aliphatic heterocycles. The van der Waals surface area contributed by atoms with Crippen molar-refractivity contribution in [3.8, 4) is 23.3 Å². The summed E-state index contributed by atoms with van der Waals surface area (Å²) in [7, 11) is 2.17. The smallest absolute Gasteiger partial charge is 0.103 e. The molecule has 0 radical (unpaired) electrons. The first-order valence-electron chi connectivity index (χ1n) is 11.7. The summed E-state index contributed by atoms with van der Waals surface area (Å²) in [5.41, 5.74) is 7.18. The molecule has 1 fully saturated rings. The molecule has 1 saturated heterocycles. The van der Waals surface area contributed by atoms with E-state index in [2.05, 4.69) is 46.9 Å². The molecule has 0 atom stereocenters. The van der Waals surface area contributed by atoms with Crippen LogP contribution in [0.25, 0.3) is 16.6 Å². The van der Waals surface area contributed by atoms with E-state index in [0.29, 0.717) is 17.2 Å². The van der Waals surface area contributed by atoms with Crippen LogP contribution in [0.2, 0.25) is 0 Å². The van der Waals surface area contributed by atoms with E-state index in [1.807, 2.05) is 38.4 Å². The molecule has 4 heterocycles. The molecule has 8 heteroatoms. The highest BCUT2D eigenvalue weighted by Crippen LogP contribution is 2.39. The van der Waals surface area contributed by atoms with Crippen LogP contribution in [0.3, 0.4) is 0 Å². The Balaban J connectivity index is 1.61. The van der Waals surface area contributed by atoms with Crippen LogP contribution in [0.5, 0.6) is 0 Å². The molecule has 0 N–H and O–H groups in total. The number of rotatable bonds is 4. The zero-order chi connectivity index (χ0) is 24.7. The second kappa shape index (κ2) is 9.22. The van der Waals surface area contributed by atoms with Gasteiger partial charge in [0.15, 0.2) is 0 Å². The lowest BCUT2D eigenvalue weighted by Crippen LogP contribution is -2.32. The normalized spacial score (nSPS) is 14.8. The topological polar surface area (TPSA) is 85.9 Å². The predicted molar refractivity (Wildman–Crippen MR) is 136 cm³/mol. The number of likely N-dealkylation sites (tertiary alicyclic amines) is 1. The van der Waals surface area contributed by atoms with Gasteiger partial charge in [0.2, 0.25) is 0 Å². The second-order valence-electron chi connectivity index (χ2n) is 9.27. The van der Waals surface area contributed by atoms with Crippen LogP contribution in [0, 0.1) is 43.4 Å². The molecular formula is C27H27N7S. The molecule has 1 aromatic carbocycles. The summed E-state index contributed by atoms with van der Waals surface area (Å²) in [6.45, 7) is 8.27. The van der Waals surface area contributed by atoms with Gasteiger partial charge in [-0.15, -0.1) is 0 Å². The summed E-state index contributed by atoms with van der Waals surface area (Å²) in [4.78, 5) is 4.13. The zero-order valence-corrected chi connectivity index (χ0v) is 21.2. The summed E-state index contributed by atoms with van der Waals surface area (Å²) < 4.78 is 3.94. The molecule has 7 nitrogen and oxygen atoms in total. The molecule has 5 rings (SSSR count). The number of hydrogen-bond donors (Lipinski definition) is 0. The van der Waals surface area contributed by atoms with Gasteiger partial charge in [-0.3, -0.25) is 4.68 Å². The Morgan fingerprint density at radius 2 is 1.77 bits per heavy atom. The standard InChI is InChI=1S/C27H27N7S/c1-17-5-6-25(23(13-29)18(17)2)35-26-11-20(16-33-27(26)21(12-28)14-30-33)24-15-31-34(19(24)3)22-7-9-32(4)10-8-22/h5-6,11,14-16,22H,7-10H2,1-4H3. The quantitative estimate of drug-likeness (QED) is 0.394. The molecule has 0 aliphatic carbocycles. The maximum Gasteiger partial charge on any atom is 0.103 e. The number of aromatic nitrogens is 4. The lowest BCUT2D eigenvalue weighted by molar-refractivity contribution is 0.210. The molecule has 3 aromatic heterocycles. The first kappa shape index (κ1) is 23.2. The van der Waals surface area contributed by atoms with Gasteiger partial charge in [0.25, 0.3) is 0 Å². The lowest BCUT2D eigenvalue weighted by atomic mass is 10.0. The number of fused-ring (bicyclic) bond motifs is 1. The minimum Gasteiger partial charge on any atom is -0.306 e. The van der Waals surface area contributed by atoms with Gasteiger partial charge in [-0.25, -0.2) is 4.52 Å². The van der Waals surface area contributed by atoms with Gasteiger partial charge in [0.05, 0.1) is 35.1 Å². The Hall–Kier alpha value is -3.59. The van der Waals surface area contributed by atoms with Gasteiger partial charge >= 0.3 is 0 Å². The highest BCUT2D eigenvalue weighted by molar-refractivity contribution is 7.99. The molecule has 35 heavy (non-hydrogen) atoms. The molecule has 0 spiro atoms. The molecule has 0 bridgehead atoms. The van der Waals surface area contributed by atoms with Crippen LogP contribution < -0.4 is 0 Å². The highest BCUT2D eigenvalue weighted by atomic mass is 32.2. The van der Waals surface area contributed by atoms with E-state index < -0.39 is 0 Å². The zero-order valence-electron chi connectivity index (χ0n) is 20.4. The van der Waals surface area contributed by atoms with Crippen molar-refractivity contribution >= 4 is 17.3 Å². The summed E-state index contributed by atoms with van der Waals surface area (Å²) in [6.07, 6.45) is 7.69. The molecular weight excluding hydrogens is 454 g/mol. The van der Waals surface area contributed by atoms with Gasteiger partial charge in [0, 0.05) is 32.8 Å². The highest BCUT2D eigenvalue weighted by Gasteiger charge is 2.23. The van der Waals surface area contributed by atoms with Crippen molar-refractivity contribution in [1.82, 2.24) is 24.3 Å². The van der Waals surface area contributed by atoms with E-state index in [0.717, 1.165) is 69.2 Å². The van der Waals surface area contributed by atoms with E-state index >= 15 is 0 Å². The SMILES string of the molecule is Cc1ccc(Sc2cc(-c3cnn(C4CCN(C)CC4)c3C)cn3ncc(C#N)c23)c(C#N)c1C. The Morgan fingerprint density at radius 3 is 2.49 bits per heavy atom. The number of piperidine rings is 1. The van der Waals surface area contributed by atoms with E-state index in [9.17, 15) is 10.5 Å². The minimum absolute atomic E-state index is 0.404. The summed E-state index contributed by atoms with van der Waals surface area (Å²) in [5.74, 6) is 0. The van der Waals surface area contributed by atoms with Crippen LogP contribution in [0.4, 0.5) is 0 Å². The fourth-order valence-electron chi connectivity index (χ4n) is 4.84. The van der Waals surface area contributed by atoms with E-state index in [-0.39, 0.29) is 0 Å². The van der Waals surface area contributed by atoms with Crippen LogP contribution in [0.1, 0.15) is 46.8 Å². The first-order valence-corrected chi connectivity index (χ1v) is 12.6. The lowest BCUT2D eigenvalue weighted by Gasteiger charge is -2.29. The van der Waals surface area contributed by atoms with Crippen LogP contribution >= 0.6 is 11.8 Å². The number of hydrogen-bond acceptors (Lipinski definition) is 6. The number of nitriles is 2. The fraction of sp³-hybridized carbons (Fsp3) is 0.333. The number of pyridine rings is 1. The molecule has 176 valence electrons. The minimum atomic E-state index is 0.404. The van der Waals surface area contributed by atoms with Crippen molar-refractivity contribution in [1.29, 1.82) is 10.5 Å². The Labute approximate surface area is 209 Å². The molecule has 0 unspecified atom stereocenters. The third-order valence-electron chi connectivity index (χ3n) is 7.12. The van der Waals surface area contributed by atoms with E-state index in [1.54, 1.807) is 10.7 Å². The van der Waals surface area contributed by atoms with Gasteiger partial charge in [-0.1, -0.05) is 17.8 Å². The van der Waals surface area contributed by atoms with Gasteiger partial charge < -0.3 is 4.90 Å². The molecule has 0 amide bonds. The van der Waals surface area contributed by atoms with Crippen molar-refractivity contribution in [2.75, 3.05) is 20.1 Å². The van der Waals surface area contributed by atoms with Crippen molar-refractivity contribution < 1.29 is 0 Å². The van der Waals surface area contributed by atoms with E-state index in [1.165, 1.54) is 11.8 Å². The van der Waals surface area contributed by atoms with Crippen LogP contribution in [-0.4, -0.2) is 44.4 Å². The Kier molecular flexibility index (Phi) is 6.10. The Bertz CT molecular complexity index is 1510. The monoisotopic (exact) mass is 481 g/mol. The van der Waals surface area contributed by atoms with Crippen molar-refractivity contribution in [2.45, 2.75) is 49.4 Å². The third kappa shape index (κ3) is 4.10. The number of aryl methyl sites for hydroxylation is 1. The maximum absolute atomic E-state index is 9.84. The van der Waals surface area contributed by atoms with Gasteiger partial charge in [-0.05, 0) is 77.0 Å². The predicted octanol–water partition coefficient (Wildman–Crippen LogP) is 5.28. The second-order valence-corrected chi connectivity index (χ2v) is 10.4. The average molecular weight is 482 g/mol. The number of benzene rings is 1. The summed E-state index contributed by atoms with van der Waals surface area (Å²) >= 11 is 1.51. The van der Waals surface area contributed by atoms with Gasteiger partial charge in [0.1, 0.15) is 12.1 Å². The largest absolute Gasteiger partial charge is 0.306 e. The van der Waals surface area contributed by atoms with Crippen molar-refractivity contribution in [3.05, 3.63) is 64.7 Å². The molecule has 4 aromatic rings. The van der Waals surface area contributed by atoms with Crippen molar-refractivity contribution in [3.63, 3.8) is 0 Å². The number of nitrogens with zero attached hydrogens (tertiary/aromatic N) is 7. The van der Waals surface area contributed by atoms with Gasteiger partial charge in [-0.2, -0.15) is 20.7 Å². The van der Waals surface area contributed by atoms with Crippen LogP contribution in [0.15, 0.2) is 46.6 Å².